The third-order valence-corrected chi connectivity index (χ3v) is 4.36. The zero-order valence-corrected chi connectivity index (χ0v) is 13.4. The van der Waals surface area contributed by atoms with Gasteiger partial charge < -0.3 is 14.6 Å². The highest BCUT2D eigenvalue weighted by molar-refractivity contribution is 7.80. The topological polar surface area (TPSA) is 41.3 Å². The van der Waals surface area contributed by atoms with Gasteiger partial charge in [0.25, 0.3) is 0 Å². The van der Waals surface area contributed by atoms with E-state index in [1.54, 1.807) is 35.6 Å². The molecule has 0 radical (unpaired) electrons. The lowest BCUT2D eigenvalue weighted by Gasteiger charge is -2.26. The van der Waals surface area contributed by atoms with Crippen LogP contribution in [0.5, 0.6) is 0 Å². The highest BCUT2D eigenvalue weighted by Crippen LogP contribution is 2.42. The average molecular weight is 339 g/mol. The summed E-state index contributed by atoms with van der Waals surface area (Å²) in [6.07, 6.45) is 3.33. The number of anilines is 1. The number of hydrogen-bond acceptors (Lipinski definition) is 3. The van der Waals surface area contributed by atoms with Crippen molar-refractivity contribution in [1.82, 2.24) is 10.3 Å². The highest BCUT2D eigenvalue weighted by atomic mass is 32.1. The fourth-order valence-electron chi connectivity index (χ4n) is 3.01. The SMILES string of the molecule is Fc1ccccc1N1C(=S)N[C@H](c2ccccn2)[C@@H]1c1ccco1. The lowest BCUT2D eigenvalue weighted by Crippen LogP contribution is -2.30. The van der Waals surface area contributed by atoms with E-state index in [0.29, 0.717) is 16.6 Å². The van der Waals surface area contributed by atoms with Gasteiger partial charge in [-0.3, -0.25) is 4.98 Å². The van der Waals surface area contributed by atoms with Crippen LogP contribution < -0.4 is 10.2 Å². The van der Waals surface area contributed by atoms with E-state index in [0.717, 1.165) is 5.69 Å². The molecule has 0 aliphatic carbocycles. The quantitative estimate of drug-likeness (QED) is 0.731. The Hall–Kier alpha value is -2.73. The van der Waals surface area contributed by atoms with Crippen molar-refractivity contribution < 1.29 is 8.81 Å². The standard InChI is InChI=1S/C18H14FN3OS/c19-12-6-1-2-8-14(12)22-17(15-9-5-11-23-15)16(21-18(22)24)13-7-3-4-10-20-13/h1-11,16-17H,(H,21,24)/t16-,17+/m1/s1. The molecule has 4 rings (SSSR count). The summed E-state index contributed by atoms with van der Waals surface area (Å²) >= 11 is 5.49. The molecule has 1 aromatic carbocycles. The molecule has 0 unspecified atom stereocenters. The zero-order chi connectivity index (χ0) is 16.5. The van der Waals surface area contributed by atoms with Crippen molar-refractivity contribution in [3.8, 4) is 0 Å². The summed E-state index contributed by atoms with van der Waals surface area (Å²) in [5.41, 5.74) is 1.23. The van der Waals surface area contributed by atoms with E-state index in [2.05, 4.69) is 10.3 Å². The Morgan fingerprint density at radius 1 is 1.08 bits per heavy atom. The molecule has 0 saturated carbocycles. The van der Waals surface area contributed by atoms with E-state index in [1.807, 2.05) is 30.3 Å². The summed E-state index contributed by atoms with van der Waals surface area (Å²) in [6, 6.07) is 15.4. The van der Waals surface area contributed by atoms with Crippen molar-refractivity contribution in [2.75, 3.05) is 4.90 Å². The van der Waals surface area contributed by atoms with Gasteiger partial charge in [-0.25, -0.2) is 4.39 Å². The van der Waals surface area contributed by atoms with Crippen LogP contribution in [-0.2, 0) is 0 Å². The molecular weight excluding hydrogens is 325 g/mol. The van der Waals surface area contributed by atoms with Gasteiger partial charge in [0, 0.05) is 6.20 Å². The number of para-hydroxylation sites is 1. The predicted molar refractivity (Wildman–Crippen MR) is 93.0 cm³/mol. The number of rotatable bonds is 3. The molecule has 24 heavy (non-hydrogen) atoms. The average Bonchev–Trinajstić information content (AvgIpc) is 3.24. The number of nitrogens with one attached hydrogen (secondary N) is 1. The van der Waals surface area contributed by atoms with Gasteiger partial charge in [0.15, 0.2) is 5.11 Å². The number of pyridine rings is 1. The van der Waals surface area contributed by atoms with Gasteiger partial charge in [-0.15, -0.1) is 0 Å². The van der Waals surface area contributed by atoms with Crippen LogP contribution in [0.25, 0.3) is 0 Å². The molecule has 120 valence electrons. The second-order valence-electron chi connectivity index (χ2n) is 5.46. The van der Waals surface area contributed by atoms with Crippen molar-refractivity contribution in [1.29, 1.82) is 0 Å². The molecule has 1 aliphatic heterocycles. The number of thiocarbonyl (C=S) groups is 1. The molecular formula is C18H14FN3OS. The highest BCUT2D eigenvalue weighted by Gasteiger charge is 2.43. The minimum absolute atomic E-state index is 0.232. The predicted octanol–water partition coefficient (Wildman–Crippen LogP) is 3.99. The summed E-state index contributed by atoms with van der Waals surface area (Å²) in [5, 5.41) is 3.69. The Bertz CT molecular complexity index is 854. The number of nitrogens with zero attached hydrogens (tertiary/aromatic N) is 2. The van der Waals surface area contributed by atoms with Gasteiger partial charge in [-0.1, -0.05) is 18.2 Å². The van der Waals surface area contributed by atoms with Gasteiger partial charge in [0.2, 0.25) is 0 Å². The maximum Gasteiger partial charge on any atom is 0.174 e. The second-order valence-corrected chi connectivity index (χ2v) is 5.85. The van der Waals surface area contributed by atoms with Crippen LogP contribution in [-0.4, -0.2) is 10.1 Å². The first-order valence-electron chi connectivity index (χ1n) is 7.54. The monoisotopic (exact) mass is 339 g/mol. The van der Waals surface area contributed by atoms with E-state index >= 15 is 0 Å². The first-order chi connectivity index (χ1) is 11.8. The summed E-state index contributed by atoms with van der Waals surface area (Å²) in [6.45, 7) is 0. The van der Waals surface area contributed by atoms with Gasteiger partial charge in [0.1, 0.15) is 17.6 Å². The third-order valence-electron chi connectivity index (χ3n) is 4.04. The fraction of sp³-hybridized carbons (Fsp3) is 0.111. The third kappa shape index (κ3) is 2.45. The van der Waals surface area contributed by atoms with Gasteiger partial charge in [0.05, 0.1) is 23.7 Å². The van der Waals surface area contributed by atoms with E-state index in [-0.39, 0.29) is 17.9 Å². The molecule has 3 aromatic rings. The summed E-state index contributed by atoms with van der Waals surface area (Å²) in [4.78, 5) is 6.17. The molecule has 4 nitrogen and oxygen atoms in total. The molecule has 2 atom stereocenters. The minimum Gasteiger partial charge on any atom is -0.467 e. The van der Waals surface area contributed by atoms with Crippen LogP contribution in [0.4, 0.5) is 10.1 Å². The lowest BCUT2D eigenvalue weighted by molar-refractivity contribution is 0.430. The smallest absolute Gasteiger partial charge is 0.174 e. The van der Waals surface area contributed by atoms with E-state index in [9.17, 15) is 4.39 Å². The van der Waals surface area contributed by atoms with Crippen LogP contribution in [0.1, 0.15) is 23.5 Å². The second kappa shape index (κ2) is 6.05. The largest absolute Gasteiger partial charge is 0.467 e. The Labute approximate surface area is 143 Å². The number of hydrogen-bond donors (Lipinski definition) is 1. The maximum absolute atomic E-state index is 14.4. The first kappa shape index (κ1) is 14.8. The number of halogens is 1. The maximum atomic E-state index is 14.4. The Morgan fingerprint density at radius 2 is 1.92 bits per heavy atom. The van der Waals surface area contributed by atoms with E-state index < -0.39 is 0 Å². The molecule has 6 heteroatoms. The molecule has 0 spiro atoms. The van der Waals surface area contributed by atoms with Crippen LogP contribution in [0.2, 0.25) is 0 Å². The van der Waals surface area contributed by atoms with E-state index in [1.165, 1.54) is 6.07 Å². The molecule has 1 aliphatic rings. The molecule has 2 aromatic heterocycles. The van der Waals surface area contributed by atoms with Crippen LogP contribution in [0.3, 0.4) is 0 Å². The minimum atomic E-state index is -0.333. The normalized spacial score (nSPS) is 20.2. The van der Waals surface area contributed by atoms with Crippen molar-refractivity contribution in [2.45, 2.75) is 12.1 Å². The molecule has 1 N–H and O–H groups in total. The van der Waals surface area contributed by atoms with Crippen molar-refractivity contribution in [2.24, 2.45) is 0 Å². The van der Waals surface area contributed by atoms with Crippen molar-refractivity contribution in [3.63, 3.8) is 0 Å². The number of furan rings is 1. The zero-order valence-electron chi connectivity index (χ0n) is 12.6. The van der Waals surface area contributed by atoms with Gasteiger partial charge in [-0.2, -0.15) is 0 Å². The lowest BCUT2D eigenvalue weighted by atomic mass is 10.0. The van der Waals surface area contributed by atoms with E-state index in [4.69, 9.17) is 16.6 Å². The Kier molecular flexibility index (Phi) is 3.74. The van der Waals surface area contributed by atoms with Gasteiger partial charge >= 0.3 is 0 Å². The number of aromatic nitrogens is 1. The summed E-state index contributed by atoms with van der Waals surface area (Å²) < 4.78 is 20.0. The summed E-state index contributed by atoms with van der Waals surface area (Å²) in [7, 11) is 0. The summed E-state index contributed by atoms with van der Waals surface area (Å²) in [5.74, 6) is 0.362. The molecule has 0 amide bonds. The molecule has 1 fully saturated rings. The molecule has 0 bridgehead atoms. The molecule has 1 saturated heterocycles. The molecule has 3 heterocycles. The fourth-order valence-corrected chi connectivity index (χ4v) is 3.35. The Balaban J connectivity index is 1.84. The Morgan fingerprint density at radius 3 is 2.62 bits per heavy atom. The van der Waals surface area contributed by atoms with Crippen LogP contribution in [0, 0.1) is 5.82 Å². The van der Waals surface area contributed by atoms with Crippen LogP contribution in [0.15, 0.2) is 71.5 Å². The first-order valence-corrected chi connectivity index (χ1v) is 7.95. The van der Waals surface area contributed by atoms with Crippen LogP contribution >= 0.6 is 12.2 Å². The number of benzene rings is 1. The van der Waals surface area contributed by atoms with Crippen molar-refractivity contribution >= 4 is 23.0 Å². The van der Waals surface area contributed by atoms with Gasteiger partial charge in [-0.05, 0) is 48.6 Å². The van der Waals surface area contributed by atoms with Crippen molar-refractivity contribution in [3.05, 3.63) is 84.3 Å².